The summed E-state index contributed by atoms with van der Waals surface area (Å²) in [4.78, 5) is 25.5. The number of nitrogens with one attached hydrogen (secondary N) is 2. The summed E-state index contributed by atoms with van der Waals surface area (Å²) in [7, 11) is 0. The lowest BCUT2D eigenvalue weighted by Crippen LogP contribution is -2.32. The second kappa shape index (κ2) is 3.48. The quantitative estimate of drug-likeness (QED) is 0.695. The molecule has 0 spiro atoms. The molecule has 5 heteroatoms. The van der Waals surface area contributed by atoms with Gasteiger partial charge in [-0.2, -0.15) is 0 Å². The van der Waals surface area contributed by atoms with Gasteiger partial charge in [0.2, 0.25) is 0 Å². The van der Waals surface area contributed by atoms with Gasteiger partial charge in [-0.1, -0.05) is 12.1 Å². The molecule has 0 bridgehead atoms. The summed E-state index contributed by atoms with van der Waals surface area (Å²) in [6, 6.07) is 6.95. The van der Waals surface area contributed by atoms with Crippen LogP contribution in [0.1, 0.15) is 10.4 Å². The van der Waals surface area contributed by atoms with Gasteiger partial charge in [-0.15, -0.1) is 0 Å². The molecule has 2 N–H and O–H groups in total. The van der Waals surface area contributed by atoms with Gasteiger partial charge in [0.05, 0.1) is 11.3 Å². The number of carbonyl (C=O) groups is 2. The Labute approximate surface area is 97.4 Å². The van der Waals surface area contributed by atoms with Crippen LogP contribution >= 0.6 is 0 Å². The van der Waals surface area contributed by atoms with Crippen molar-refractivity contribution in [3.8, 4) is 0 Å². The SMILES string of the molecule is O=C1Nc2ccccc2C(=O)N2C=CNC=C12. The van der Waals surface area contributed by atoms with E-state index in [1.807, 2.05) is 0 Å². The van der Waals surface area contributed by atoms with Crippen LogP contribution < -0.4 is 10.6 Å². The van der Waals surface area contributed by atoms with Crippen molar-refractivity contribution in [1.82, 2.24) is 10.2 Å². The van der Waals surface area contributed by atoms with Crippen LogP contribution in [0.4, 0.5) is 5.69 Å². The molecule has 2 aliphatic heterocycles. The van der Waals surface area contributed by atoms with Gasteiger partial charge in [0.25, 0.3) is 11.8 Å². The Morgan fingerprint density at radius 2 is 1.94 bits per heavy atom. The first-order valence-electron chi connectivity index (χ1n) is 5.14. The summed E-state index contributed by atoms with van der Waals surface area (Å²) < 4.78 is 0. The van der Waals surface area contributed by atoms with Crippen molar-refractivity contribution in [2.45, 2.75) is 0 Å². The maximum absolute atomic E-state index is 12.2. The van der Waals surface area contributed by atoms with E-state index in [0.717, 1.165) is 0 Å². The molecule has 2 amide bonds. The topological polar surface area (TPSA) is 61.4 Å². The van der Waals surface area contributed by atoms with Crippen molar-refractivity contribution in [2.24, 2.45) is 0 Å². The number of nitrogens with zero attached hydrogens (tertiary/aromatic N) is 1. The number of hydrogen-bond donors (Lipinski definition) is 2. The monoisotopic (exact) mass is 227 g/mol. The lowest BCUT2D eigenvalue weighted by molar-refractivity contribution is -0.113. The normalized spacial score (nSPS) is 17.4. The zero-order valence-corrected chi connectivity index (χ0v) is 8.81. The van der Waals surface area contributed by atoms with Crippen LogP contribution in [-0.4, -0.2) is 16.7 Å². The van der Waals surface area contributed by atoms with Gasteiger partial charge < -0.3 is 10.6 Å². The molecule has 0 atom stereocenters. The van der Waals surface area contributed by atoms with Crippen molar-refractivity contribution < 1.29 is 9.59 Å². The second-order valence-electron chi connectivity index (χ2n) is 3.69. The Hall–Kier alpha value is -2.56. The minimum absolute atomic E-state index is 0.219. The summed E-state index contributed by atoms with van der Waals surface area (Å²) in [5.74, 6) is -0.525. The number of para-hydroxylation sites is 1. The number of anilines is 1. The molecule has 0 unspecified atom stereocenters. The van der Waals surface area contributed by atoms with Crippen LogP contribution in [0.3, 0.4) is 0 Å². The molecule has 3 rings (SSSR count). The van der Waals surface area contributed by atoms with Crippen molar-refractivity contribution in [3.05, 3.63) is 54.1 Å². The summed E-state index contributed by atoms with van der Waals surface area (Å²) in [6.45, 7) is 0. The zero-order chi connectivity index (χ0) is 11.8. The number of fused-ring (bicyclic) bond motifs is 2. The highest BCUT2D eigenvalue weighted by Crippen LogP contribution is 2.25. The Morgan fingerprint density at radius 3 is 2.82 bits per heavy atom. The lowest BCUT2D eigenvalue weighted by atomic mass is 10.1. The van der Waals surface area contributed by atoms with Gasteiger partial charge in [0.15, 0.2) is 0 Å². The molecular formula is C12H9N3O2. The Kier molecular flexibility index (Phi) is 1.98. The maximum Gasteiger partial charge on any atom is 0.274 e. The molecule has 1 aromatic carbocycles. The predicted molar refractivity (Wildman–Crippen MR) is 61.6 cm³/mol. The molecule has 0 aromatic heterocycles. The minimum Gasteiger partial charge on any atom is -0.364 e. The first-order chi connectivity index (χ1) is 8.27. The average molecular weight is 227 g/mol. The number of benzene rings is 1. The fourth-order valence-corrected chi connectivity index (χ4v) is 1.84. The molecule has 84 valence electrons. The maximum atomic E-state index is 12.2. The number of hydrogen-bond acceptors (Lipinski definition) is 3. The highest BCUT2D eigenvalue weighted by molar-refractivity contribution is 6.15. The smallest absolute Gasteiger partial charge is 0.274 e. The minimum atomic E-state index is -0.305. The van der Waals surface area contributed by atoms with Crippen molar-refractivity contribution in [2.75, 3.05) is 5.32 Å². The van der Waals surface area contributed by atoms with E-state index in [2.05, 4.69) is 10.6 Å². The number of rotatable bonds is 0. The van der Waals surface area contributed by atoms with Crippen LogP contribution in [0.2, 0.25) is 0 Å². The standard InChI is InChI=1S/C12H9N3O2/c16-11-10-7-13-5-6-15(10)12(17)8-3-1-2-4-9(8)14-11/h1-7,13H,(H,14,16). The van der Waals surface area contributed by atoms with Gasteiger partial charge in [-0.25, -0.2) is 0 Å². The Balaban J connectivity index is 2.18. The summed E-state index contributed by atoms with van der Waals surface area (Å²) in [6.07, 6.45) is 4.64. The van der Waals surface area contributed by atoms with Gasteiger partial charge in [0.1, 0.15) is 5.70 Å². The van der Waals surface area contributed by atoms with E-state index in [1.165, 1.54) is 11.1 Å². The molecule has 2 aliphatic rings. The van der Waals surface area contributed by atoms with E-state index in [-0.39, 0.29) is 17.5 Å². The van der Waals surface area contributed by atoms with E-state index < -0.39 is 0 Å². The first-order valence-corrected chi connectivity index (χ1v) is 5.14. The molecule has 1 aromatic rings. The third-order valence-corrected chi connectivity index (χ3v) is 2.66. The lowest BCUT2D eigenvalue weighted by Gasteiger charge is -2.20. The molecular weight excluding hydrogens is 218 g/mol. The van der Waals surface area contributed by atoms with Crippen molar-refractivity contribution in [1.29, 1.82) is 0 Å². The second-order valence-corrected chi connectivity index (χ2v) is 3.69. The summed E-state index contributed by atoms with van der Waals surface area (Å²) in [5.41, 5.74) is 1.30. The van der Waals surface area contributed by atoms with Crippen molar-refractivity contribution in [3.63, 3.8) is 0 Å². The summed E-state index contributed by atoms with van der Waals surface area (Å²) in [5, 5.41) is 5.50. The van der Waals surface area contributed by atoms with E-state index >= 15 is 0 Å². The zero-order valence-electron chi connectivity index (χ0n) is 8.81. The molecule has 2 heterocycles. The van der Waals surface area contributed by atoms with E-state index in [9.17, 15) is 9.59 Å². The summed E-state index contributed by atoms with van der Waals surface area (Å²) >= 11 is 0. The molecule has 0 radical (unpaired) electrons. The van der Waals surface area contributed by atoms with E-state index in [1.54, 1.807) is 36.7 Å². The third kappa shape index (κ3) is 1.40. The van der Waals surface area contributed by atoms with Crippen LogP contribution in [0.5, 0.6) is 0 Å². The highest BCUT2D eigenvalue weighted by atomic mass is 16.2. The molecule has 0 aliphatic carbocycles. The van der Waals surface area contributed by atoms with Crippen LogP contribution in [0.25, 0.3) is 0 Å². The van der Waals surface area contributed by atoms with Crippen LogP contribution in [0, 0.1) is 0 Å². The van der Waals surface area contributed by atoms with Crippen LogP contribution in [0.15, 0.2) is 48.6 Å². The number of carbonyl (C=O) groups excluding carboxylic acids is 2. The van der Waals surface area contributed by atoms with Gasteiger partial charge in [-0.05, 0) is 12.1 Å². The molecule has 0 saturated heterocycles. The predicted octanol–water partition coefficient (Wildman–Crippen LogP) is 0.997. The molecule has 0 fully saturated rings. The van der Waals surface area contributed by atoms with Gasteiger partial charge in [-0.3, -0.25) is 14.5 Å². The van der Waals surface area contributed by atoms with Gasteiger partial charge >= 0.3 is 0 Å². The Morgan fingerprint density at radius 1 is 1.12 bits per heavy atom. The van der Waals surface area contributed by atoms with E-state index in [4.69, 9.17) is 0 Å². The first kappa shape index (κ1) is 9.65. The highest BCUT2D eigenvalue weighted by Gasteiger charge is 2.30. The molecule has 17 heavy (non-hydrogen) atoms. The molecule has 0 saturated carbocycles. The van der Waals surface area contributed by atoms with E-state index in [0.29, 0.717) is 11.3 Å². The largest absolute Gasteiger partial charge is 0.364 e. The Bertz CT molecular complexity index is 575. The number of amides is 2. The van der Waals surface area contributed by atoms with Crippen LogP contribution in [-0.2, 0) is 4.79 Å². The fraction of sp³-hybridized carbons (Fsp3) is 0. The third-order valence-electron chi connectivity index (χ3n) is 2.66. The fourth-order valence-electron chi connectivity index (χ4n) is 1.84. The van der Waals surface area contributed by atoms with Gasteiger partial charge in [0, 0.05) is 18.6 Å². The molecule has 5 nitrogen and oxygen atoms in total. The van der Waals surface area contributed by atoms with Crippen molar-refractivity contribution >= 4 is 17.5 Å². The average Bonchev–Trinajstić information content (AvgIpc) is 2.48.